The molecule has 0 saturated carbocycles. The lowest BCUT2D eigenvalue weighted by Crippen LogP contribution is -2.25. The van der Waals surface area contributed by atoms with Crippen molar-refractivity contribution in [2.24, 2.45) is 5.92 Å². The molecule has 0 aliphatic carbocycles. The lowest BCUT2D eigenvalue weighted by atomic mass is 10.2. The number of H-pyrrole nitrogens is 1. The van der Waals surface area contributed by atoms with Gasteiger partial charge in [-0.05, 0) is 18.4 Å². The molecule has 2 heterocycles. The van der Waals surface area contributed by atoms with E-state index < -0.39 is 0 Å². The highest BCUT2D eigenvalue weighted by atomic mass is 32.1. The first-order valence-corrected chi connectivity index (χ1v) is 6.71. The molecule has 0 aliphatic heterocycles. The molecule has 2 N–H and O–H groups in total. The number of hydrogen-bond donors (Lipinski definition) is 2. The third kappa shape index (κ3) is 2.82. The molecular formula is C12H15N3O3S. The Balaban J connectivity index is 2.26. The van der Waals surface area contributed by atoms with E-state index in [1.54, 1.807) is 6.92 Å². The Hall–Kier alpha value is -1.73. The molecule has 1 amide bonds. The Labute approximate surface area is 113 Å². The van der Waals surface area contributed by atoms with Crippen LogP contribution in [0.15, 0.2) is 11.1 Å². The zero-order valence-electron chi connectivity index (χ0n) is 10.9. The maximum atomic E-state index is 12.0. The highest BCUT2D eigenvalue weighted by Crippen LogP contribution is 2.26. The minimum absolute atomic E-state index is 0.235. The Morgan fingerprint density at radius 1 is 1.58 bits per heavy atom. The fraction of sp³-hybridized carbons (Fsp3) is 0.417. The van der Waals surface area contributed by atoms with Gasteiger partial charge in [0.15, 0.2) is 0 Å². The van der Waals surface area contributed by atoms with E-state index in [1.165, 1.54) is 17.7 Å². The van der Waals surface area contributed by atoms with Crippen molar-refractivity contribution in [3.63, 3.8) is 0 Å². The summed E-state index contributed by atoms with van der Waals surface area (Å²) in [5.41, 5.74) is 2.77. The SMILES string of the molecule is Cc1c(C(=O)NOCC(C)C)sc2nc[nH]c(=O)c12. The van der Waals surface area contributed by atoms with E-state index >= 15 is 0 Å². The minimum Gasteiger partial charge on any atom is -0.313 e. The molecule has 0 aliphatic rings. The van der Waals surface area contributed by atoms with Gasteiger partial charge in [-0.3, -0.25) is 14.4 Å². The fourth-order valence-electron chi connectivity index (χ4n) is 1.62. The van der Waals surface area contributed by atoms with Gasteiger partial charge in [-0.1, -0.05) is 13.8 Å². The van der Waals surface area contributed by atoms with Crippen molar-refractivity contribution in [2.45, 2.75) is 20.8 Å². The molecule has 0 fully saturated rings. The summed E-state index contributed by atoms with van der Waals surface area (Å²) in [7, 11) is 0. The second kappa shape index (κ2) is 5.50. The van der Waals surface area contributed by atoms with Gasteiger partial charge in [0.25, 0.3) is 11.5 Å². The van der Waals surface area contributed by atoms with E-state index in [2.05, 4.69) is 15.4 Å². The standard InChI is InChI=1S/C12H15N3O3S/c1-6(2)4-18-15-11(17)9-7(3)8-10(16)13-5-14-12(8)19-9/h5-6H,4H2,1-3H3,(H,15,17)(H,13,14,16). The van der Waals surface area contributed by atoms with E-state index in [-0.39, 0.29) is 11.5 Å². The summed E-state index contributed by atoms with van der Waals surface area (Å²) in [5.74, 6) is -0.0196. The van der Waals surface area contributed by atoms with E-state index in [0.29, 0.717) is 33.2 Å². The highest BCUT2D eigenvalue weighted by molar-refractivity contribution is 7.20. The number of aromatic amines is 1. The average molecular weight is 281 g/mol. The van der Waals surface area contributed by atoms with Crippen LogP contribution in [0.4, 0.5) is 0 Å². The van der Waals surface area contributed by atoms with Gasteiger partial charge in [0.1, 0.15) is 4.83 Å². The maximum Gasteiger partial charge on any atom is 0.285 e. The molecule has 0 bridgehead atoms. The van der Waals surface area contributed by atoms with Gasteiger partial charge >= 0.3 is 0 Å². The van der Waals surface area contributed by atoms with Crippen LogP contribution in [0.2, 0.25) is 0 Å². The first-order valence-electron chi connectivity index (χ1n) is 5.89. The second-order valence-electron chi connectivity index (χ2n) is 4.60. The number of nitrogens with one attached hydrogen (secondary N) is 2. The molecule has 0 saturated heterocycles. The third-order valence-electron chi connectivity index (χ3n) is 2.52. The Morgan fingerprint density at radius 2 is 2.32 bits per heavy atom. The Kier molecular flexibility index (Phi) is 3.96. The van der Waals surface area contributed by atoms with Crippen LogP contribution < -0.4 is 11.0 Å². The number of carbonyl (C=O) groups is 1. The smallest absolute Gasteiger partial charge is 0.285 e. The molecule has 0 radical (unpaired) electrons. The molecule has 0 atom stereocenters. The number of amides is 1. The molecule has 0 spiro atoms. The molecule has 102 valence electrons. The zero-order valence-corrected chi connectivity index (χ0v) is 11.8. The van der Waals surface area contributed by atoms with Gasteiger partial charge in [0.05, 0.1) is 23.2 Å². The molecule has 2 aromatic heterocycles. The molecule has 7 heteroatoms. The fourth-order valence-corrected chi connectivity index (χ4v) is 2.65. The van der Waals surface area contributed by atoms with Gasteiger partial charge in [-0.15, -0.1) is 11.3 Å². The monoisotopic (exact) mass is 281 g/mol. The third-order valence-corrected chi connectivity index (χ3v) is 3.72. The van der Waals surface area contributed by atoms with Crippen LogP contribution in [0.25, 0.3) is 10.2 Å². The molecule has 6 nitrogen and oxygen atoms in total. The lowest BCUT2D eigenvalue weighted by molar-refractivity contribution is 0.0211. The largest absolute Gasteiger partial charge is 0.313 e. The summed E-state index contributed by atoms with van der Waals surface area (Å²) in [4.78, 5) is 36.3. The van der Waals surface area contributed by atoms with E-state index in [0.717, 1.165) is 0 Å². The molecule has 19 heavy (non-hydrogen) atoms. The van der Waals surface area contributed by atoms with Crippen LogP contribution in [-0.2, 0) is 4.84 Å². The van der Waals surface area contributed by atoms with Gasteiger partial charge in [-0.25, -0.2) is 10.5 Å². The highest BCUT2D eigenvalue weighted by Gasteiger charge is 2.18. The van der Waals surface area contributed by atoms with Crippen molar-refractivity contribution < 1.29 is 9.63 Å². The normalized spacial score (nSPS) is 11.2. The Morgan fingerprint density at radius 3 is 2.95 bits per heavy atom. The number of rotatable bonds is 4. The number of hydrogen-bond acceptors (Lipinski definition) is 5. The van der Waals surface area contributed by atoms with Gasteiger partial charge < -0.3 is 4.98 Å². The number of hydroxylamine groups is 1. The summed E-state index contributed by atoms with van der Waals surface area (Å²) >= 11 is 1.18. The van der Waals surface area contributed by atoms with Crippen LogP contribution in [0.5, 0.6) is 0 Å². The van der Waals surface area contributed by atoms with Crippen LogP contribution in [0, 0.1) is 12.8 Å². The van der Waals surface area contributed by atoms with Crippen molar-refractivity contribution >= 4 is 27.5 Å². The first kappa shape index (κ1) is 13.7. The van der Waals surface area contributed by atoms with Gasteiger partial charge in [0.2, 0.25) is 0 Å². The molecule has 0 aromatic carbocycles. The second-order valence-corrected chi connectivity index (χ2v) is 5.60. The van der Waals surface area contributed by atoms with Gasteiger partial charge in [-0.2, -0.15) is 0 Å². The van der Waals surface area contributed by atoms with E-state index in [4.69, 9.17) is 4.84 Å². The summed E-state index contributed by atoms with van der Waals surface area (Å²) in [6.07, 6.45) is 1.33. The predicted molar refractivity (Wildman–Crippen MR) is 73.2 cm³/mol. The number of aromatic nitrogens is 2. The number of nitrogens with zero attached hydrogens (tertiary/aromatic N) is 1. The summed E-state index contributed by atoms with van der Waals surface area (Å²) in [6, 6.07) is 0. The van der Waals surface area contributed by atoms with Crippen molar-refractivity contribution in [2.75, 3.05) is 6.61 Å². The van der Waals surface area contributed by atoms with Gasteiger partial charge in [0, 0.05) is 0 Å². The van der Waals surface area contributed by atoms with E-state index in [9.17, 15) is 9.59 Å². The number of aryl methyl sites for hydroxylation is 1. The zero-order chi connectivity index (χ0) is 14.0. The number of thiophene rings is 1. The van der Waals surface area contributed by atoms with Crippen molar-refractivity contribution in [3.8, 4) is 0 Å². The number of fused-ring (bicyclic) bond motifs is 1. The molecule has 0 unspecified atom stereocenters. The van der Waals surface area contributed by atoms with Crippen LogP contribution in [0.1, 0.15) is 29.1 Å². The number of carbonyl (C=O) groups excluding carboxylic acids is 1. The minimum atomic E-state index is -0.347. The first-order chi connectivity index (χ1) is 9.00. The molecular weight excluding hydrogens is 266 g/mol. The van der Waals surface area contributed by atoms with Crippen LogP contribution >= 0.6 is 11.3 Å². The molecule has 2 rings (SSSR count). The van der Waals surface area contributed by atoms with Crippen molar-refractivity contribution in [1.29, 1.82) is 0 Å². The summed E-state index contributed by atoms with van der Waals surface area (Å²) in [6.45, 7) is 6.14. The van der Waals surface area contributed by atoms with Crippen LogP contribution in [-0.4, -0.2) is 22.5 Å². The van der Waals surface area contributed by atoms with Crippen molar-refractivity contribution in [3.05, 3.63) is 27.1 Å². The van der Waals surface area contributed by atoms with Crippen LogP contribution in [0.3, 0.4) is 0 Å². The quantitative estimate of drug-likeness (QED) is 0.834. The van der Waals surface area contributed by atoms with Crippen molar-refractivity contribution in [1.82, 2.24) is 15.4 Å². The molecule has 2 aromatic rings. The topological polar surface area (TPSA) is 84.1 Å². The van der Waals surface area contributed by atoms with E-state index in [1.807, 2.05) is 13.8 Å². The summed E-state index contributed by atoms with van der Waals surface area (Å²) < 4.78 is 0. The predicted octanol–water partition coefficient (Wildman–Crippen LogP) is 1.61. The lowest BCUT2D eigenvalue weighted by Gasteiger charge is -2.06. The Bertz CT molecular complexity index is 660. The maximum absolute atomic E-state index is 12.0. The average Bonchev–Trinajstić information content (AvgIpc) is 2.67. The summed E-state index contributed by atoms with van der Waals surface area (Å²) in [5, 5.41) is 0.460.